The van der Waals surface area contributed by atoms with Gasteiger partial charge in [-0.3, -0.25) is 14.5 Å². The SMILES string of the molecule is O=C(CC(C(=O)O)N1CC1)c1ccc2c(c1)CCCC2. The summed E-state index contributed by atoms with van der Waals surface area (Å²) >= 11 is 0. The monoisotopic (exact) mass is 273 g/mol. The molecule has 1 atom stereocenters. The van der Waals surface area contributed by atoms with Gasteiger partial charge in [0.2, 0.25) is 0 Å². The summed E-state index contributed by atoms with van der Waals surface area (Å²) in [5.74, 6) is -0.952. The molecule has 1 aliphatic carbocycles. The zero-order valence-electron chi connectivity index (χ0n) is 11.5. The standard InChI is InChI=1S/C16H19NO3/c18-15(10-14(16(19)20)17-7-8-17)13-6-5-11-3-1-2-4-12(11)9-13/h5-6,9,14H,1-4,7-8,10H2,(H,19,20). The normalized spacial score (nSPS) is 19.2. The Morgan fingerprint density at radius 2 is 1.85 bits per heavy atom. The van der Waals surface area contributed by atoms with Crippen LogP contribution in [0.25, 0.3) is 0 Å². The number of aryl methyl sites for hydroxylation is 2. The van der Waals surface area contributed by atoms with Crippen molar-refractivity contribution < 1.29 is 14.7 Å². The van der Waals surface area contributed by atoms with Crippen LogP contribution in [-0.2, 0) is 17.6 Å². The summed E-state index contributed by atoms with van der Waals surface area (Å²) < 4.78 is 0. The molecule has 2 aliphatic rings. The van der Waals surface area contributed by atoms with E-state index >= 15 is 0 Å². The van der Waals surface area contributed by atoms with Gasteiger partial charge < -0.3 is 5.11 Å². The van der Waals surface area contributed by atoms with Gasteiger partial charge in [-0.25, -0.2) is 0 Å². The maximum atomic E-state index is 12.3. The van der Waals surface area contributed by atoms with Crippen molar-refractivity contribution in [2.45, 2.75) is 38.1 Å². The molecule has 3 rings (SSSR count). The molecule has 1 unspecified atom stereocenters. The predicted octanol–water partition coefficient (Wildman–Crippen LogP) is 1.91. The van der Waals surface area contributed by atoms with Gasteiger partial charge in [0, 0.05) is 25.1 Å². The lowest BCUT2D eigenvalue weighted by molar-refractivity contribution is -0.141. The molecule has 0 saturated carbocycles. The van der Waals surface area contributed by atoms with Crippen LogP contribution in [0.1, 0.15) is 40.7 Å². The van der Waals surface area contributed by atoms with Crippen molar-refractivity contribution in [2.24, 2.45) is 0 Å². The van der Waals surface area contributed by atoms with Crippen molar-refractivity contribution in [1.82, 2.24) is 4.90 Å². The molecule has 0 amide bonds. The van der Waals surface area contributed by atoms with Gasteiger partial charge in [-0.2, -0.15) is 0 Å². The van der Waals surface area contributed by atoms with Crippen LogP contribution < -0.4 is 0 Å². The molecular weight excluding hydrogens is 254 g/mol. The summed E-state index contributed by atoms with van der Waals surface area (Å²) in [5.41, 5.74) is 3.27. The minimum atomic E-state index is -0.895. The minimum Gasteiger partial charge on any atom is -0.480 e. The van der Waals surface area contributed by atoms with Crippen molar-refractivity contribution in [1.29, 1.82) is 0 Å². The fourth-order valence-corrected chi connectivity index (χ4v) is 2.94. The molecule has 0 spiro atoms. The van der Waals surface area contributed by atoms with Crippen molar-refractivity contribution in [2.75, 3.05) is 13.1 Å². The fourth-order valence-electron chi connectivity index (χ4n) is 2.94. The smallest absolute Gasteiger partial charge is 0.321 e. The van der Waals surface area contributed by atoms with E-state index in [1.807, 2.05) is 23.1 Å². The van der Waals surface area contributed by atoms with Crippen LogP contribution in [0.4, 0.5) is 0 Å². The highest BCUT2D eigenvalue weighted by Gasteiger charge is 2.34. The molecule has 1 aliphatic heterocycles. The topological polar surface area (TPSA) is 57.4 Å². The number of rotatable bonds is 5. The Morgan fingerprint density at radius 3 is 2.50 bits per heavy atom. The fraction of sp³-hybridized carbons (Fsp3) is 0.500. The second-order valence-electron chi connectivity index (χ2n) is 5.71. The van der Waals surface area contributed by atoms with E-state index in [1.54, 1.807) is 0 Å². The Bertz CT molecular complexity index is 549. The quantitative estimate of drug-likeness (QED) is 0.657. The second-order valence-corrected chi connectivity index (χ2v) is 5.71. The molecule has 0 aromatic heterocycles. The number of nitrogens with zero attached hydrogens (tertiary/aromatic N) is 1. The van der Waals surface area contributed by atoms with Crippen LogP contribution in [0, 0.1) is 0 Å². The van der Waals surface area contributed by atoms with Gasteiger partial charge in [0.15, 0.2) is 5.78 Å². The summed E-state index contributed by atoms with van der Waals surface area (Å²) in [6, 6.07) is 5.21. The molecule has 1 N–H and O–H groups in total. The first kappa shape index (κ1) is 13.3. The molecular formula is C16H19NO3. The van der Waals surface area contributed by atoms with Crippen molar-refractivity contribution >= 4 is 11.8 Å². The molecule has 0 radical (unpaired) electrons. The van der Waals surface area contributed by atoms with Gasteiger partial charge in [0.25, 0.3) is 0 Å². The maximum absolute atomic E-state index is 12.3. The molecule has 1 heterocycles. The number of fused-ring (bicyclic) bond motifs is 1. The van der Waals surface area contributed by atoms with E-state index in [1.165, 1.54) is 24.0 Å². The van der Waals surface area contributed by atoms with E-state index in [4.69, 9.17) is 0 Å². The molecule has 1 aromatic carbocycles. The highest BCUT2D eigenvalue weighted by atomic mass is 16.4. The van der Waals surface area contributed by atoms with E-state index in [2.05, 4.69) is 0 Å². The van der Waals surface area contributed by atoms with Crippen molar-refractivity contribution in [3.8, 4) is 0 Å². The number of aliphatic carboxylic acids is 1. The molecule has 20 heavy (non-hydrogen) atoms. The predicted molar refractivity (Wildman–Crippen MR) is 75.0 cm³/mol. The first-order chi connectivity index (χ1) is 9.65. The average Bonchev–Trinajstić information content (AvgIpc) is 3.28. The van der Waals surface area contributed by atoms with Crippen LogP contribution in [0.3, 0.4) is 0 Å². The largest absolute Gasteiger partial charge is 0.480 e. The third-order valence-corrected chi connectivity index (χ3v) is 4.26. The van der Waals surface area contributed by atoms with Gasteiger partial charge in [-0.1, -0.05) is 12.1 Å². The third-order valence-electron chi connectivity index (χ3n) is 4.26. The number of Topliss-reactive ketones (excluding diaryl/α,β-unsaturated/α-hetero) is 1. The average molecular weight is 273 g/mol. The summed E-state index contributed by atoms with van der Waals surface area (Å²) in [6.45, 7) is 1.57. The van der Waals surface area contributed by atoms with Crippen LogP contribution in [0.2, 0.25) is 0 Å². The first-order valence-corrected chi connectivity index (χ1v) is 7.27. The Labute approximate surface area is 118 Å². The van der Waals surface area contributed by atoms with Gasteiger partial charge in [0.1, 0.15) is 6.04 Å². The zero-order valence-corrected chi connectivity index (χ0v) is 11.5. The van der Waals surface area contributed by atoms with E-state index in [9.17, 15) is 14.7 Å². The second kappa shape index (κ2) is 5.37. The molecule has 4 nitrogen and oxygen atoms in total. The third kappa shape index (κ3) is 2.75. The lowest BCUT2D eigenvalue weighted by atomic mass is 9.89. The summed E-state index contributed by atoms with van der Waals surface area (Å²) in [6.07, 6.45) is 4.60. The summed E-state index contributed by atoms with van der Waals surface area (Å²) in [5, 5.41) is 9.18. The molecule has 4 heteroatoms. The number of hydrogen-bond acceptors (Lipinski definition) is 3. The molecule has 1 fully saturated rings. The number of carboxylic acids is 1. The van der Waals surface area contributed by atoms with Gasteiger partial charge in [0.05, 0.1) is 0 Å². The molecule has 0 bridgehead atoms. The van der Waals surface area contributed by atoms with Gasteiger partial charge >= 0.3 is 5.97 Å². The lowest BCUT2D eigenvalue weighted by Crippen LogP contribution is -2.31. The molecule has 1 saturated heterocycles. The highest BCUT2D eigenvalue weighted by molar-refractivity contribution is 5.99. The number of carbonyl (C=O) groups is 2. The first-order valence-electron chi connectivity index (χ1n) is 7.27. The lowest BCUT2D eigenvalue weighted by Gasteiger charge is -2.17. The van der Waals surface area contributed by atoms with E-state index in [-0.39, 0.29) is 12.2 Å². The van der Waals surface area contributed by atoms with Crippen LogP contribution >= 0.6 is 0 Å². The molecule has 106 valence electrons. The van der Waals surface area contributed by atoms with E-state index in [0.717, 1.165) is 25.9 Å². The Morgan fingerprint density at radius 1 is 1.15 bits per heavy atom. The summed E-state index contributed by atoms with van der Waals surface area (Å²) in [4.78, 5) is 25.3. The molecule has 1 aromatic rings. The number of carboxylic acid groups (broad SMARTS) is 1. The number of benzene rings is 1. The highest BCUT2D eigenvalue weighted by Crippen LogP contribution is 2.24. The van der Waals surface area contributed by atoms with Gasteiger partial charge in [-0.05, 0) is 42.9 Å². The van der Waals surface area contributed by atoms with Crippen LogP contribution in [0.5, 0.6) is 0 Å². The van der Waals surface area contributed by atoms with Crippen LogP contribution in [0.15, 0.2) is 18.2 Å². The Kier molecular flexibility index (Phi) is 3.57. The number of hydrogen-bond donors (Lipinski definition) is 1. The maximum Gasteiger partial charge on any atom is 0.321 e. The van der Waals surface area contributed by atoms with E-state index < -0.39 is 12.0 Å². The Hall–Kier alpha value is -1.68. The van der Waals surface area contributed by atoms with Crippen molar-refractivity contribution in [3.05, 3.63) is 34.9 Å². The summed E-state index contributed by atoms with van der Waals surface area (Å²) in [7, 11) is 0. The zero-order chi connectivity index (χ0) is 14.1. The minimum absolute atomic E-state index is 0.0577. The Balaban J connectivity index is 1.74. The van der Waals surface area contributed by atoms with Crippen LogP contribution in [-0.4, -0.2) is 40.9 Å². The van der Waals surface area contributed by atoms with E-state index in [0.29, 0.717) is 5.56 Å². The van der Waals surface area contributed by atoms with Gasteiger partial charge in [-0.15, -0.1) is 0 Å². The van der Waals surface area contributed by atoms with Crippen molar-refractivity contribution in [3.63, 3.8) is 0 Å². The number of carbonyl (C=O) groups excluding carboxylic acids is 1. The number of ketones is 1.